The summed E-state index contributed by atoms with van der Waals surface area (Å²) in [5.41, 5.74) is 2.58. The fourth-order valence-corrected chi connectivity index (χ4v) is 2.32. The molecule has 0 fully saturated rings. The Morgan fingerprint density at radius 2 is 2.12 bits per heavy atom. The average molecular weight is 297 g/mol. The third kappa shape index (κ3) is 5.03. The molecule has 94 valence electrons. The SMILES string of the molecule is CCCC(=O)CC(C)Cc1ccc(Br)c(C)c1. The third-order valence-corrected chi connectivity index (χ3v) is 3.80. The van der Waals surface area contributed by atoms with Gasteiger partial charge in [0.2, 0.25) is 0 Å². The molecule has 0 aromatic heterocycles. The molecule has 0 N–H and O–H groups in total. The Kier molecular flexibility index (Phi) is 5.90. The second-order valence-corrected chi connectivity index (χ2v) is 5.74. The summed E-state index contributed by atoms with van der Waals surface area (Å²) in [6.45, 7) is 6.31. The van der Waals surface area contributed by atoms with E-state index in [-0.39, 0.29) is 0 Å². The smallest absolute Gasteiger partial charge is 0.133 e. The molecule has 2 heteroatoms. The van der Waals surface area contributed by atoms with Crippen LogP contribution in [-0.2, 0) is 11.2 Å². The van der Waals surface area contributed by atoms with E-state index < -0.39 is 0 Å². The van der Waals surface area contributed by atoms with E-state index in [9.17, 15) is 4.79 Å². The van der Waals surface area contributed by atoms with Crippen molar-refractivity contribution in [1.82, 2.24) is 0 Å². The molecule has 0 bridgehead atoms. The summed E-state index contributed by atoms with van der Waals surface area (Å²) in [5, 5.41) is 0. The Morgan fingerprint density at radius 3 is 2.71 bits per heavy atom. The largest absolute Gasteiger partial charge is 0.300 e. The maximum atomic E-state index is 11.6. The first-order valence-corrected chi connectivity index (χ1v) is 7.09. The minimum Gasteiger partial charge on any atom is -0.300 e. The maximum Gasteiger partial charge on any atom is 0.133 e. The monoisotopic (exact) mass is 296 g/mol. The van der Waals surface area contributed by atoms with Crippen molar-refractivity contribution >= 4 is 21.7 Å². The molecule has 1 atom stereocenters. The molecule has 0 radical (unpaired) electrons. The zero-order valence-corrected chi connectivity index (χ0v) is 12.5. The van der Waals surface area contributed by atoms with Gasteiger partial charge in [-0.2, -0.15) is 0 Å². The summed E-state index contributed by atoms with van der Waals surface area (Å²) in [4.78, 5) is 11.6. The van der Waals surface area contributed by atoms with Crippen LogP contribution in [0.15, 0.2) is 22.7 Å². The zero-order chi connectivity index (χ0) is 12.8. The number of aryl methyl sites for hydroxylation is 1. The maximum absolute atomic E-state index is 11.6. The average Bonchev–Trinajstić information content (AvgIpc) is 2.23. The van der Waals surface area contributed by atoms with Crippen LogP contribution in [0.1, 0.15) is 44.2 Å². The Balaban J connectivity index is 2.53. The second-order valence-electron chi connectivity index (χ2n) is 4.89. The fourth-order valence-electron chi connectivity index (χ4n) is 2.08. The minimum absolute atomic E-state index is 0.397. The Hall–Kier alpha value is -0.630. The van der Waals surface area contributed by atoms with E-state index in [2.05, 4.69) is 54.9 Å². The van der Waals surface area contributed by atoms with Gasteiger partial charge < -0.3 is 0 Å². The van der Waals surface area contributed by atoms with Gasteiger partial charge in [-0.25, -0.2) is 0 Å². The number of hydrogen-bond acceptors (Lipinski definition) is 1. The molecule has 0 spiro atoms. The van der Waals surface area contributed by atoms with E-state index in [4.69, 9.17) is 0 Å². The highest BCUT2D eigenvalue weighted by Gasteiger charge is 2.09. The van der Waals surface area contributed by atoms with Gasteiger partial charge in [0, 0.05) is 17.3 Å². The van der Waals surface area contributed by atoms with Gasteiger partial charge in [-0.05, 0) is 42.9 Å². The first kappa shape index (κ1) is 14.4. The molecule has 1 nitrogen and oxygen atoms in total. The summed E-state index contributed by atoms with van der Waals surface area (Å²) in [7, 11) is 0. The second kappa shape index (κ2) is 6.95. The van der Waals surface area contributed by atoms with Gasteiger partial charge in [-0.15, -0.1) is 0 Å². The predicted octanol–water partition coefficient (Wildman–Crippen LogP) is 4.70. The predicted molar refractivity (Wildman–Crippen MR) is 76.3 cm³/mol. The van der Waals surface area contributed by atoms with Gasteiger partial charge in [-0.1, -0.05) is 41.9 Å². The highest BCUT2D eigenvalue weighted by atomic mass is 79.9. The number of hydrogen-bond donors (Lipinski definition) is 0. The first-order chi connectivity index (χ1) is 8.02. The van der Waals surface area contributed by atoms with E-state index in [1.54, 1.807) is 0 Å². The van der Waals surface area contributed by atoms with Crippen LogP contribution in [0, 0.1) is 12.8 Å². The van der Waals surface area contributed by atoms with Crippen LogP contribution in [-0.4, -0.2) is 5.78 Å². The summed E-state index contributed by atoms with van der Waals surface area (Å²) < 4.78 is 1.15. The lowest BCUT2D eigenvalue weighted by atomic mass is 9.94. The number of carbonyl (C=O) groups excluding carboxylic acids is 1. The fraction of sp³-hybridized carbons (Fsp3) is 0.533. The topological polar surface area (TPSA) is 17.1 Å². The molecule has 1 aromatic rings. The molecule has 0 saturated heterocycles. The van der Waals surface area contributed by atoms with Crippen LogP contribution in [0.5, 0.6) is 0 Å². The number of benzene rings is 1. The molecule has 17 heavy (non-hydrogen) atoms. The number of halogens is 1. The highest BCUT2D eigenvalue weighted by molar-refractivity contribution is 9.10. The molecule has 1 unspecified atom stereocenters. The first-order valence-electron chi connectivity index (χ1n) is 6.29. The van der Waals surface area contributed by atoms with Crippen LogP contribution in [0.25, 0.3) is 0 Å². The van der Waals surface area contributed by atoms with Crippen LogP contribution in [0.2, 0.25) is 0 Å². The van der Waals surface area contributed by atoms with Gasteiger partial charge in [0.25, 0.3) is 0 Å². The molecule has 1 rings (SSSR count). The van der Waals surface area contributed by atoms with Crippen molar-refractivity contribution in [2.75, 3.05) is 0 Å². The van der Waals surface area contributed by atoms with Crippen molar-refractivity contribution < 1.29 is 4.79 Å². The zero-order valence-electron chi connectivity index (χ0n) is 10.9. The van der Waals surface area contributed by atoms with Crippen molar-refractivity contribution in [3.63, 3.8) is 0 Å². The van der Waals surface area contributed by atoms with E-state index >= 15 is 0 Å². The van der Waals surface area contributed by atoms with E-state index in [1.165, 1.54) is 11.1 Å². The molecule has 0 saturated carbocycles. The summed E-state index contributed by atoms with van der Waals surface area (Å²) in [5.74, 6) is 0.837. The van der Waals surface area contributed by atoms with Gasteiger partial charge >= 0.3 is 0 Å². The molecular weight excluding hydrogens is 276 g/mol. The number of ketones is 1. The van der Waals surface area contributed by atoms with Gasteiger partial charge in [0.15, 0.2) is 0 Å². The van der Waals surface area contributed by atoms with Gasteiger partial charge in [0.05, 0.1) is 0 Å². The quantitative estimate of drug-likeness (QED) is 0.744. The lowest BCUT2D eigenvalue weighted by Gasteiger charge is -2.11. The lowest BCUT2D eigenvalue weighted by molar-refractivity contribution is -0.119. The van der Waals surface area contributed by atoms with Crippen molar-refractivity contribution in [1.29, 1.82) is 0 Å². The van der Waals surface area contributed by atoms with Crippen LogP contribution in [0.3, 0.4) is 0 Å². The van der Waals surface area contributed by atoms with Crippen LogP contribution in [0.4, 0.5) is 0 Å². The Bertz CT molecular complexity index is 385. The highest BCUT2D eigenvalue weighted by Crippen LogP contribution is 2.20. The van der Waals surface area contributed by atoms with E-state index in [0.29, 0.717) is 18.1 Å². The van der Waals surface area contributed by atoms with E-state index in [0.717, 1.165) is 23.7 Å². The van der Waals surface area contributed by atoms with Gasteiger partial charge in [0.1, 0.15) is 5.78 Å². The van der Waals surface area contributed by atoms with Crippen molar-refractivity contribution in [3.8, 4) is 0 Å². The van der Waals surface area contributed by atoms with Crippen LogP contribution >= 0.6 is 15.9 Å². The summed E-state index contributed by atoms with van der Waals surface area (Å²) in [6, 6.07) is 6.42. The molecule has 0 aliphatic carbocycles. The molecule has 0 aliphatic heterocycles. The van der Waals surface area contributed by atoms with Crippen molar-refractivity contribution in [2.45, 2.75) is 46.5 Å². The molecule has 1 aromatic carbocycles. The molecule has 0 aliphatic rings. The van der Waals surface area contributed by atoms with Crippen LogP contribution < -0.4 is 0 Å². The minimum atomic E-state index is 0.397. The Morgan fingerprint density at radius 1 is 1.41 bits per heavy atom. The summed E-state index contributed by atoms with van der Waals surface area (Å²) >= 11 is 3.50. The molecule has 0 heterocycles. The summed E-state index contributed by atoms with van der Waals surface area (Å²) in [6.07, 6.45) is 3.39. The van der Waals surface area contributed by atoms with Gasteiger partial charge in [-0.3, -0.25) is 4.79 Å². The standard InChI is InChI=1S/C15H21BrO/c1-4-5-14(17)9-11(2)8-13-6-7-15(16)12(3)10-13/h6-7,10-11H,4-5,8-9H2,1-3H3. The number of Topliss-reactive ketones (excluding diaryl/α,β-unsaturated/α-hetero) is 1. The molecular formula is C15H21BrO. The third-order valence-electron chi connectivity index (χ3n) is 2.91. The normalized spacial score (nSPS) is 12.5. The lowest BCUT2D eigenvalue weighted by Crippen LogP contribution is -2.07. The number of rotatable bonds is 6. The van der Waals surface area contributed by atoms with Crippen molar-refractivity contribution in [2.24, 2.45) is 5.92 Å². The van der Waals surface area contributed by atoms with E-state index in [1.807, 2.05) is 0 Å². The Labute approximate surface area is 113 Å². The van der Waals surface area contributed by atoms with Crippen molar-refractivity contribution in [3.05, 3.63) is 33.8 Å². The molecule has 0 amide bonds. The number of carbonyl (C=O) groups is 1.